The molecule has 26 heavy (non-hydrogen) atoms. The predicted octanol–water partition coefficient (Wildman–Crippen LogP) is 7.72. The summed E-state index contributed by atoms with van der Waals surface area (Å²) in [6.07, 6.45) is 17.5. The summed E-state index contributed by atoms with van der Waals surface area (Å²) >= 11 is 0. The van der Waals surface area contributed by atoms with Crippen LogP contribution in [0.3, 0.4) is 0 Å². The van der Waals surface area contributed by atoms with Gasteiger partial charge < -0.3 is 10.2 Å². The van der Waals surface area contributed by atoms with Gasteiger partial charge in [-0.3, -0.25) is 0 Å². The van der Waals surface area contributed by atoms with E-state index in [0.717, 1.165) is 0 Å². The van der Waals surface area contributed by atoms with Crippen LogP contribution in [-0.4, -0.2) is 16.4 Å². The molecular weight excluding hydrogens is 324 g/mol. The first kappa shape index (κ1) is 24.5. The van der Waals surface area contributed by atoms with Crippen molar-refractivity contribution in [2.24, 2.45) is 0 Å². The zero-order valence-corrected chi connectivity index (χ0v) is 17.0. The highest BCUT2D eigenvalue weighted by molar-refractivity contribution is 5.53. The fourth-order valence-corrected chi connectivity index (χ4v) is 3.24. The van der Waals surface area contributed by atoms with E-state index < -0.39 is 6.16 Å². The number of carboxylic acid groups (broad SMARTS) is 2. The maximum Gasteiger partial charge on any atom is 0.503 e. The molecule has 2 N–H and O–H groups in total. The minimum absolute atomic E-state index is 1.29. The number of carbonyl (C=O) groups is 1. The monoisotopic (exact) mass is 364 g/mol. The SMILES string of the molecule is CCCCCCCCc1ccccc1CCCCCCCC.O=C(O)O. The molecule has 3 heteroatoms. The Balaban J connectivity index is 0.00000141. The zero-order valence-electron chi connectivity index (χ0n) is 17.0. The molecule has 0 aliphatic heterocycles. The van der Waals surface area contributed by atoms with Crippen molar-refractivity contribution in [3.05, 3.63) is 35.4 Å². The van der Waals surface area contributed by atoms with Gasteiger partial charge in [-0.05, 0) is 36.8 Å². The lowest BCUT2D eigenvalue weighted by Gasteiger charge is -2.09. The molecule has 3 nitrogen and oxygen atoms in total. The minimum atomic E-state index is -1.83. The van der Waals surface area contributed by atoms with Crippen molar-refractivity contribution in [3.8, 4) is 0 Å². The van der Waals surface area contributed by atoms with Crippen LogP contribution in [0.4, 0.5) is 4.79 Å². The third kappa shape index (κ3) is 16.0. The second kappa shape index (κ2) is 18.3. The van der Waals surface area contributed by atoms with Crippen molar-refractivity contribution in [3.63, 3.8) is 0 Å². The van der Waals surface area contributed by atoms with Crippen LogP contribution in [0.15, 0.2) is 24.3 Å². The van der Waals surface area contributed by atoms with E-state index in [-0.39, 0.29) is 0 Å². The Kier molecular flexibility index (Phi) is 17.2. The molecule has 0 unspecified atom stereocenters. The van der Waals surface area contributed by atoms with Crippen LogP contribution in [0.25, 0.3) is 0 Å². The summed E-state index contributed by atoms with van der Waals surface area (Å²) in [5.74, 6) is 0. The summed E-state index contributed by atoms with van der Waals surface area (Å²) in [5, 5.41) is 13.9. The number of aryl methyl sites for hydroxylation is 2. The largest absolute Gasteiger partial charge is 0.503 e. The summed E-state index contributed by atoms with van der Waals surface area (Å²) in [6, 6.07) is 9.16. The Bertz CT molecular complexity index is 404. The van der Waals surface area contributed by atoms with Crippen LogP contribution >= 0.6 is 0 Å². The Hall–Kier alpha value is -1.51. The molecule has 150 valence electrons. The van der Waals surface area contributed by atoms with E-state index in [9.17, 15) is 0 Å². The van der Waals surface area contributed by atoms with Crippen LogP contribution in [0, 0.1) is 0 Å². The molecule has 0 aliphatic carbocycles. The van der Waals surface area contributed by atoms with Crippen molar-refractivity contribution >= 4 is 6.16 Å². The first-order chi connectivity index (χ1) is 12.6. The minimum Gasteiger partial charge on any atom is -0.450 e. The number of rotatable bonds is 14. The van der Waals surface area contributed by atoms with Crippen molar-refractivity contribution < 1.29 is 15.0 Å². The highest BCUT2D eigenvalue weighted by Crippen LogP contribution is 2.17. The molecule has 1 rings (SSSR count). The second-order valence-electron chi connectivity index (χ2n) is 7.09. The van der Waals surface area contributed by atoms with Gasteiger partial charge in [0.2, 0.25) is 0 Å². The van der Waals surface area contributed by atoms with Crippen LogP contribution in [-0.2, 0) is 12.8 Å². The smallest absolute Gasteiger partial charge is 0.450 e. The van der Waals surface area contributed by atoms with Gasteiger partial charge in [0.15, 0.2) is 0 Å². The molecule has 1 aromatic rings. The van der Waals surface area contributed by atoms with Gasteiger partial charge in [0.25, 0.3) is 0 Å². The van der Waals surface area contributed by atoms with Crippen molar-refractivity contribution in [1.29, 1.82) is 0 Å². The Labute approximate surface area is 160 Å². The van der Waals surface area contributed by atoms with Crippen molar-refractivity contribution in [2.75, 3.05) is 0 Å². The van der Waals surface area contributed by atoms with Gasteiger partial charge >= 0.3 is 6.16 Å². The quantitative estimate of drug-likeness (QED) is 0.332. The summed E-state index contributed by atoms with van der Waals surface area (Å²) in [4.78, 5) is 8.56. The lowest BCUT2D eigenvalue weighted by Crippen LogP contribution is -1.95. The van der Waals surface area contributed by atoms with Gasteiger partial charge in [0.1, 0.15) is 0 Å². The molecule has 0 bridgehead atoms. The van der Waals surface area contributed by atoms with Crippen LogP contribution in [0.1, 0.15) is 102 Å². The summed E-state index contributed by atoms with van der Waals surface area (Å²) in [7, 11) is 0. The first-order valence-electron chi connectivity index (χ1n) is 10.6. The second-order valence-corrected chi connectivity index (χ2v) is 7.09. The topological polar surface area (TPSA) is 57.5 Å². The van der Waals surface area contributed by atoms with Crippen LogP contribution in [0.2, 0.25) is 0 Å². The molecule has 0 spiro atoms. The van der Waals surface area contributed by atoms with E-state index in [0.29, 0.717) is 0 Å². The zero-order chi connectivity index (χ0) is 19.5. The van der Waals surface area contributed by atoms with Gasteiger partial charge in [0, 0.05) is 0 Å². The fourth-order valence-electron chi connectivity index (χ4n) is 3.24. The lowest BCUT2D eigenvalue weighted by atomic mass is 9.96. The number of hydrogen-bond acceptors (Lipinski definition) is 1. The third-order valence-electron chi connectivity index (χ3n) is 4.72. The highest BCUT2D eigenvalue weighted by atomic mass is 16.6. The summed E-state index contributed by atoms with van der Waals surface area (Å²) in [5.41, 5.74) is 3.23. The molecule has 0 fully saturated rings. The van der Waals surface area contributed by atoms with E-state index in [1.54, 1.807) is 11.1 Å². The molecule has 0 amide bonds. The van der Waals surface area contributed by atoms with Gasteiger partial charge in [-0.2, -0.15) is 0 Å². The third-order valence-corrected chi connectivity index (χ3v) is 4.72. The number of benzene rings is 1. The molecule has 0 radical (unpaired) electrons. The van der Waals surface area contributed by atoms with Gasteiger partial charge in [-0.15, -0.1) is 0 Å². The average Bonchev–Trinajstić information content (AvgIpc) is 2.61. The number of hydrogen-bond donors (Lipinski definition) is 2. The normalized spacial score (nSPS) is 10.2. The Morgan fingerprint density at radius 2 is 0.962 bits per heavy atom. The van der Waals surface area contributed by atoms with E-state index in [1.165, 1.54) is 89.9 Å². The van der Waals surface area contributed by atoms with Crippen molar-refractivity contribution in [2.45, 2.75) is 104 Å². The van der Waals surface area contributed by atoms with E-state index in [2.05, 4.69) is 38.1 Å². The van der Waals surface area contributed by atoms with Gasteiger partial charge in [-0.25, -0.2) is 4.79 Å². The standard InChI is InChI=1S/C22H38.CH2O3/c1-3-5-7-9-11-13-17-21-19-15-16-20-22(21)18-14-12-10-8-6-4-2;2-1(3)4/h15-16,19-20H,3-14,17-18H2,1-2H3;(H2,2,3,4). The molecule has 0 atom stereocenters. The first-order valence-corrected chi connectivity index (χ1v) is 10.6. The molecule has 0 heterocycles. The van der Waals surface area contributed by atoms with E-state index in [4.69, 9.17) is 15.0 Å². The molecule has 0 aliphatic rings. The van der Waals surface area contributed by atoms with Crippen LogP contribution < -0.4 is 0 Å². The summed E-state index contributed by atoms with van der Waals surface area (Å²) < 4.78 is 0. The predicted molar refractivity (Wildman–Crippen MR) is 111 cm³/mol. The van der Waals surface area contributed by atoms with E-state index in [1.807, 2.05) is 0 Å². The molecule has 0 saturated heterocycles. The maximum atomic E-state index is 8.56. The van der Waals surface area contributed by atoms with Crippen molar-refractivity contribution in [1.82, 2.24) is 0 Å². The molecular formula is C23H40O3. The number of unbranched alkanes of at least 4 members (excludes halogenated alkanes) is 10. The molecule has 1 aromatic carbocycles. The molecule has 0 saturated carbocycles. The van der Waals surface area contributed by atoms with Gasteiger partial charge in [-0.1, -0.05) is 102 Å². The Morgan fingerprint density at radius 1 is 0.654 bits per heavy atom. The van der Waals surface area contributed by atoms with Crippen LogP contribution in [0.5, 0.6) is 0 Å². The average molecular weight is 365 g/mol. The van der Waals surface area contributed by atoms with E-state index >= 15 is 0 Å². The van der Waals surface area contributed by atoms with Gasteiger partial charge in [0.05, 0.1) is 0 Å². The summed E-state index contributed by atoms with van der Waals surface area (Å²) in [6.45, 7) is 4.58. The Morgan fingerprint density at radius 3 is 1.31 bits per heavy atom. The maximum absolute atomic E-state index is 8.56. The fraction of sp³-hybridized carbons (Fsp3) is 0.696. The highest BCUT2D eigenvalue weighted by Gasteiger charge is 2.02. The lowest BCUT2D eigenvalue weighted by molar-refractivity contribution is 0.137. The molecule has 0 aromatic heterocycles.